The molecule has 9 heteroatoms. The standard InChI is InChI=1S/C31H30N4O5/c36-28(20-17-22-9-3-1-4-10-22)40-25-18-15-23(16-19-25)21-32-35-31(39)30(38)34-27-14-8-7-13-26(27)29(37)33-24-11-5-2-6-12-24/h1,3-4,7-10,13-21,24H,2,5-6,11-12H2,(H,33,37)(H,34,38)(H,35,39)/b20-17+,32-21+. The summed E-state index contributed by atoms with van der Waals surface area (Å²) in [6.45, 7) is 0. The number of carbonyl (C=O) groups excluding carboxylic acids is 4. The predicted octanol–water partition coefficient (Wildman–Crippen LogP) is 4.46. The molecule has 0 aliphatic heterocycles. The maximum Gasteiger partial charge on any atom is 0.336 e. The molecule has 0 atom stereocenters. The van der Waals surface area contributed by atoms with Crippen molar-refractivity contribution in [1.82, 2.24) is 10.7 Å². The number of esters is 1. The normalized spacial score (nSPS) is 13.6. The first-order chi connectivity index (χ1) is 19.5. The van der Waals surface area contributed by atoms with Gasteiger partial charge in [-0.25, -0.2) is 10.2 Å². The number of ether oxygens (including phenoxy) is 1. The van der Waals surface area contributed by atoms with Crippen molar-refractivity contribution in [2.75, 3.05) is 5.32 Å². The van der Waals surface area contributed by atoms with Crippen LogP contribution in [0.5, 0.6) is 5.75 Å². The molecule has 3 N–H and O–H groups in total. The third-order valence-corrected chi connectivity index (χ3v) is 6.26. The lowest BCUT2D eigenvalue weighted by Crippen LogP contribution is -2.37. The molecule has 9 nitrogen and oxygen atoms in total. The van der Waals surface area contributed by atoms with Crippen LogP contribution in [0.3, 0.4) is 0 Å². The molecular weight excluding hydrogens is 508 g/mol. The number of nitrogens with zero attached hydrogens (tertiary/aromatic N) is 1. The third kappa shape index (κ3) is 8.49. The Kier molecular flexibility index (Phi) is 9.93. The molecule has 0 saturated heterocycles. The number of rotatable bonds is 8. The topological polar surface area (TPSA) is 126 Å². The van der Waals surface area contributed by atoms with E-state index in [1.807, 2.05) is 30.3 Å². The van der Waals surface area contributed by atoms with Crippen molar-refractivity contribution in [2.45, 2.75) is 38.1 Å². The molecule has 4 rings (SSSR count). The Hall–Kier alpha value is -5.05. The van der Waals surface area contributed by atoms with Crippen molar-refractivity contribution in [3.05, 3.63) is 102 Å². The minimum atomic E-state index is -0.991. The lowest BCUT2D eigenvalue weighted by molar-refractivity contribution is -0.136. The Morgan fingerprint density at radius 2 is 1.48 bits per heavy atom. The number of anilines is 1. The fourth-order valence-electron chi connectivity index (χ4n) is 4.20. The van der Waals surface area contributed by atoms with Gasteiger partial charge in [-0.2, -0.15) is 5.10 Å². The summed E-state index contributed by atoms with van der Waals surface area (Å²) in [5.74, 6) is -2.41. The highest BCUT2D eigenvalue weighted by atomic mass is 16.5. The second kappa shape index (κ2) is 14.2. The van der Waals surface area contributed by atoms with E-state index in [4.69, 9.17) is 4.74 Å². The zero-order valence-electron chi connectivity index (χ0n) is 21.8. The van der Waals surface area contributed by atoms with E-state index in [-0.39, 0.29) is 23.2 Å². The monoisotopic (exact) mass is 538 g/mol. The van der Waals surface area contributed by atoms with E-state index in [1.165, 1.54) is 18.7 Å². The lowest BCUT2D eigenvalue weighted by atomic mass is 9.95. The average molecular weight is 539 g/mol. The van der Waals surface area contributed by atoms with Crippen LogP contribution in [0.25, 0.3) is 6.08 Å². The van der Waals surface area contributed by atoms with Gasteiger partial charge < -0.3 is 15.4 Å². The van der Waals surface area contributed by atoms with Crippen molar-refractivity contribution >= 4 is 41.7 Å². The van der Waals surface area contributed by atoms with Gasteiger partial charge in [0.15, 0.2) is 0 Å². The number of amides is 3. The molecule has 204 valence electrons. The first-order valence-corrected chi connectivity index (χ1v) is 13.1. The van der Waals surface area contributed by atoms with Crippen LogP contribution < -0.4 is 20.8 Å². The van der Waals surface area contributed by atoms with E-state index < -0.39 is 17.8 Å². The zero-order chi connectivity index (χ0) is 28.2. The van der Waals surface area contributed by atoms with Crippen molar-refractivity contribution in [3.63, 3.8) is 0 Å². The van der Waals surface area contributed by atoms with Gasteiger partial charge in [-0.1, -0.05) is 61.7 Å². The molecule has 3 aromatic rings. The van der Waals surface area contributed by atoms with Crippen LogP contribution >= 0.6 is 0 Å². The number of carbonyl (C=O) groups is 4. The minimum absolute atomic E-state index is 0.111. The molecule has 1 fully saturated rings. The Labute approximate surface area is 232 Å². The average Bonchev–Trinajstić information content (AvgIpc) is 2.98. The molecule has 1 saturated carbocycles. The van der Waals surface area contributed by atoms with E-state index in [0.29, 0.717) is 11.3 Å². The summed E-state index contributed by atoms with van der Waals surface area (Å²) >= 11 is 0. The molecular formula is C31H30N4O5. The fraction of sp³-hybridized carbons (Fsp3) is 0.194. The molecule has 1 aliphatic rings. The number of para-hydroxylation sites is 1. The van der Waals surface area contributed by atoms with Gasteiger partial charge in [0.2, 0.25) is 0 Å². The van der Waals surface area contributed by atoms with Gasteiger partial charge in [-0.3, -0.25) is 14.4 Å². The SMILES string of the molecule is O=C(/C=C/c1ccccc1)Oc1ccc(/C=N/NC(=O)C(=O)Nc2ccccc2C(=O)NC2CCCCC2)cc1. The molecule has 0 spiro atoms. The van der Waals surface area contributed by atoms with Crippen molar-refractivity contribution < 1.29 is 23.9 Å². The second-order valence-electron chi connectivity index (χ2n) is 9.24. The van der Waals surface area contributed by atoms with E-state index in [1.54, 1.807) is 54.6 Å². The van der Waals surface area contributed by atoms with E-state index in [0.717, 1.165) is 31.2 Å². The summed E-state index contributed by atoms with van der Waals surface area (Å²) in [4.78, 5) is 49.5. The van der Waals surface area contributed by atoms with Gasteiger partial charge in [-0.15, -0.1) is 0 Å². The first-order valence-electron chi connectivity index (χ1n) is 13.1. The number of hydrazone groups is 1. The van der Waals surface area contributed by atoms with Crippen LogP contribution in [0.2, 0.25) is 0 Å². The summed E-state index contributed by atoms with van der Waals surface area (Å²) in [5, 5.41) is 9.31. The molecule has 0 aromatic heterocycles. The molecule has 3 aromatic carbocycles. The highest BCUT2D eigenvalue weighted by Crippen LogP contribution is 2.20. The molecule has 0 bridgehead atoms. The highest BCUT2D eigenvalue weighted by molar-refractivity contribution is 6.40. The minimum Gasteiger partial charge on any atom is -0.423 e. The van der Waals surface area contributed by atoms with E-state index in [9.17, 15) is 19.2 Å². The van der Waals surface area contributed by atoms with Crippen LogP contribution in [0.1, 0.15) is 53.6 Å². The van der Waals surface area contributed by atoms with Gasteiger partial charge in [0, 0.05) is 12.1 Å². The summed E-state index contributed by atoms with van der Waals surface area (Å²) < 4.78 is 5.27. The quantitative estimate of drug-likeness (QED) is 0.0975. The van der Waals surface area contributed by atoms with Crippen LogP contribution in [0.4, 0.5) is 5.69 Å². The summed E-state index contributed by atoms with van der Waals surface area (Å²) in [6, 6.07) is 22.5. The first kappa shape index (κ1) is 28.0. The third-order valence-electron chi connectivity index (χ3n) is 6.26. The second-order valence-corrected chi connectivity index (χ2v) is 9.24. The fourth-order valence-corrected chi connectivity index (χ4v) is 4.20. The van der Waals surface area contributed by atoms with Gasteiger partial charge in [0.05, 0.1) is 17.5 Å². The Morgan fingerprint density at radius 3 is 2.23 bits per heavy atom. The Morgan fingerprint density at radius 1 is 0.775 bits per heavy atom. The molecule has 1 aliphatic carbocycles. The molecule has 3 amide bonds. The van der Waals surface area contributed by atoms with Crippen LogP contribution in [-0.4, -0.2) is 35.9 Å². The maximum atomic E-state index is 12.8. The van der Waals surface area contributed by atoms with Gasteiger partial charge >= 0.3 is 17.8 Å². The lowest BCUT2D eigenvalue weighted by Gasteiger charge is -2.23. The van der Waals surface area contributed by atoms with E-state index >= 15 is 0 Å². The smallest absolute Gasteiger partial charge is 0.336 e. The van der Waals surface area contributed by atoms with Gasteiger partial charge in [-0.05, 0) is 66.4 Å². The van der Waals surface area contributed by atoms with Crippen molar-refractivity contribution in [2.24, 2.45) is 5.10 Å². The molecule has 0 radical (unpaired) electrons. The molecule has 0 unspecified atom stereocenters. The zero-order valence-corrected chi connectivity index (χ0v) is 21.8. The molecule has 40 heavy (non-hydrogen) atoms. The number of hydrogen-bond donors (Lipinski definition) is 3. The Balaban J connectivity index is 1.26. The van der Waals surface area contributed by atoms with E-state index in [2.05, 4.69) is 21.2 Å². The van der Waals surface area contributed by atoms with Crippen LogP contribution in [0.15, 0.2) is 90.0 Å². The predicted molar refractivity (Wildman–Crippen MR) is 153 cm³/mol. The molecule has 0 heterocycles. The Bertz CT molecular complexity index is 1390. The highest BCUT2D eigenvalue weighted by Gasteiger charge is 2.20. The number of hydrogen-bond acceptors (Lipinski definition) is 6. The number of nitrogens with one attached hydrogen (secondary N) is 3. The maximum absolute atomic E-state index is 12.8. The summed E-state index contributed by atoms with van der Waals surface area (Å²) in [7, 11) is 0. The van der Waals surface area contributed by atoms with Crippen LogP contribution in [-0.2, 0) is 14.4 Å². The summed E-state index contributed by atoms with van der Waals surface area (Å²) in [6.07, 6.45) is 9.53. The van der Waals surface area contributed by atoms with Gasteiger partial charge in [0.25, 0.3) is 5.91 Å². The van der Waals surface area contributed by atoms with Crippen molar-refractivity contribution in [3.8, 4) is 5.75 Å². The van der Waals surface area contributed by atoms with Gasteiger partial charge in [0.1, 0.15) is 5.75 Å². The van der Waals surface area contributed by atoms with Crippen molar-refractivity contribution in [1.29, 1.82) is 0 Å². The number of benzene rings is 3. The largest absolute Gasteiger partial charge is 0.423 e. The summed E-state index contributed by atoms with van der Waals surface area (Å²) in [5.41, 5.74) is 4.18. The van der Waals surface area contributed by atoms with Crippen LogP contribution in [0, 0.1) is 0 Å².